The molecule has 6 heteroatoms. The summed E-state index contributed by atoms with van der Waals surface area (Å²) in [4.78, 5) is 1.33. The second kappa shape index (κ2) is 9.78. The molecule has 0 bridgehead atoms. The van der Waals surface area contributed by atoms with Crippen LogP contribution in [0, 0.1) is 0 Å². The van der Waals surface area contributed by atoms with Gasteiger partial charge in [0.25, 0.3) is 0 Å². The summed E-state index contributed by atoms with van der Waals surface area (Å²) in [6.45, 7) is 0. The third-order valence-electron chi connectivity index (χ3n) is 7.38. The lowest BCUT2D eigenvalue weighted by Crippen LogP contribution is -2.26. The largest absolute Gasteiger partial charge is 0.223 e. The minimum absolute atomic E-state index is 0.318. The van der Waals surface area contributed by atoms with E-state index in [0.717, 1.165) is 94.6 Å². The van der Waals surface area contributed by atoms with Gasteiger partial charge in [-0.2, -0.15) is 0 Å². The maximum absolute atomic E-state index is 13.6. The van der Waals surface area contributed by atoms with Crippen LogP contribution in [-0.2, 0) is 32.5 Å². The Morgan fingerprint density at radius 1 is 0.613 bits per heavy atom. The molecule has 0 atom stereocenters. The Hall–Kier alpha value is -1.14. The molecule has 0 spiro atoms. The topological polar surface area (TPSA) is 68.3 Å². The number of sulfone groups is 2. The van der Waals surface area contributed by atoms with Gasteiger partial charge in [0.15, 0.2) is 9.84 Å². The van der Waals surface area contributed by atoms with Crippen LogP contribution in [0.15, 0.2) is 32.9 Å². The molecule has 0 heterocycles. The zero-order valence-corrected chi connectivity index (χ0v) is 20.2. The molecule has 3 aliphatic carbocycles. The predicted octanol–water partition coefficient (Wildman–Crippen LogP) is 6.07. The van der Waals surface area contributed by atoms with E-state index in [1.54, 1.807) is 12.1 Å². The molecular weight excluding hydrogens is 428 g/mol. The van der Waals surface area contributed by atoms with Gasteiger partial charge in [-0.25, -0.2) is 16.8 Å². The average Bonchev–Trinajstić information content (AvgIpc) is 2.91. The van der Waals surface area contributed by atoms with Crippen molar-refractivity contribution in [1.29, 1.82) is 0 Å². The second-order valence-electron chi connectivity index (χ2n) is 9.51. The summed E-state index contributed by atoms with van der Waals surface area (Å²) in [5.74, 6) is 0. The van der Waals surface area contributed by atoms with Crippen molar-refractivity contribution >= 4 is 19.7 Å². The molecular formula is C25H36O4S2. The fraction of sp³-hybridized carbons (Fsp3) is 0.680. The summed E-state index contributed by atoms with van der Waals surface area (Å²) in [6, 6.07) is 3.26. The van der Waals surface area contributed by atoms with Gasteiger partial charge in [0, 0.05) is 4.91 Å². The number of hydrogen-bond donors (Lipinski definition) is 0. The number of rotatable bonds is 4. The van der Waals surface area contributed by atoms with Crippen LogP contribution in [0.1, 0.15) is 101 Å². The number of fused-ring (bicyclic) bond motifs is 1. The van der Waals surface area contributed by atoms with Crippen LogP contribution in [0.4, 0.5) is 0 Å². The number of allylic oxidation sites excluding steroid dienone is 2. The summed E-state index contributed by atoms with van der Waals surface area (Å²) in [5, 5.41) is -0.318. The lowest BCUT2D eigenvalue weighted by Gasteiger charge is -2.25. The minimum Gasteiger partial charge on any atom is -0.223 e. The number of hydrogen-bond acceptors (Lipinski definition) is 4. The zero-order chi connectivity index (χ0) is 21.9. The maximum Gasteiger partial charge on any atom is 0.202 e. The molecule has 1 aromatic carbocycles. The molecule has 0 N–H and O–H groups in total. The summed E-state index contributed by atoms with van der Waals surface area (Å²) < 4.78 is 54.5. The highest BCUT2D eigenvalue weighted by Crippen LogP contribution is 2.38. The summed E-state index contributed by atoms with van der Waals surface area (Å²) >= 11 is 0. The molecule has 3 aliphatic rings. The Balaban J connectivity index is 1.85. The second-order valence-corrected chi connectivity index (χ2v) is 13.7. The predicted molar refractivity (Wildman–Crippen MR) is 125 cm³/mol. The molecule has 0 aliphatic heterocycles. The normalized spacial score (nSPS) is 22.0. The SMILES string of the molecule is O=S(=O)(C1=CCCCC1)c1ccc(S(=O)(=O)C2CCCCC2)c2c1CCCCCCC2. The molecule has 0 aromatic heterocycles. The third-order valence-corrected chi connectivity index (χ3v) is 11.7. The molecule has 31 heavy (non-hydrogen) atoms. The smallest absolute Gasteiger partial charge is 0.202 e. The van der Waals surface area contributed by atoms with Crippen molar-refractivity contribution in [1.82, 2.24) is 0 Å². The summed E-state index contributed by atoms with van der Waals surface area (Å²) in [6.07, 6.45) is 16.2. The van der Waals surface area contributed by atoms with Gasteiger partial charge in [0.05, 0.1) is 15.0 Å². The molecule has 172 valence electrons. The van der Waals surface area contributed by atoms with E-state index in [1.165, 1.54) is 0 Å². The van der Waals surface area contributed by atoms with Gasteiger partial charge < -0.3 is 0 Å². The van der Waals surface area contributed by atoms with Gasteiger partial charge in [-0.05, 0) is 87.5 Å². The fourth-order valence-corrected chi connectivity index (χ4v) is 9.57. The third kappa shape index (κ3) is 4.80. The van der Waals surface area contributed by atoms with Crippen LogP contribution in [0.5, 0.6) is 0 Å². The first kappa shape index (κ1) is 23.0. The van der Waals surface area contributed by atoms with E-state index in [0.29, 0.717) is 34.0 Å². The van der Waals surface area contributed by atoms with Crippen LogP contribution in [0.3, 0.4) is 0 Å². The van der Waals surface area contributed by atoms with Crippen LogP contribution in [-0.4, -0.2) is 22.1 Å². The molecule has 0 saturated heterocycles. The van der Waals surface area contributed by atoms with Crippen molar-refractivity contribution in [2.75, 3.05) is 0 Å². The highest BCUT2D eigenvalue weighted by atomic mass is 32.2. The first-order valence-corrected chi connectivity index (χ1v) is 15.3. The Kier molecular flexibility index (Phi) is 7.27. The van der Waals surface area contributed by atoms with Gasteiger partial charge in [0.1, 0.15) is 0 Å². The minimum atomic E-state index is -3.56. The zero-order valence-electron chi connectivity index (χ0n) is 18.6. The molecule has 0 radical (unpaired) electrons. The van der Waals surface area contributed by atoms with Gasteiger partial charge in [-0.15, -0.1) is 0 Å². The highest BCUT2D eigenvalue weighted by molar-refractivity contribution is 7.95. The lowest BCUT2D eigenvalue weighted by molar-refractivity contribution is 0.483. The van der Waals surface area contributed by atoms with Crippen molar-refractivity contribution in [3.63, 3.8) is 0 Å². The summed E-state index contributed by atoms with van der Waals surface area (Å²) in [7, 11) is -7.00. The standard InChI is InChI=1S/C25H36O4S2/c26-30(27,20-12-6-4-7-13-20)24-18-19-25(31(28,29)21-14-8-5-9-15-21)23-17-11-3-1-2-10-16-22(23)24/h12,18-19,21H,1-11,13-17H2. The van der Waals surface area contributed by atoms with E-state index >= 15 is 0 Å². The average molecular weight is 465 g/mol. The van der Waals surface area contributed by atoms with Crippen molar-refractivity contribution in [3.8, 4) is 0 Å². The van der Waals surface area contributed by atoms with Gasteiger partial charge in [0.2, 0.25) is 9.84 Å². The van der Waals surface area contributed by atoms with Gasteiger partial charge in [-0.1, -0.05) is 44.6 Å². The van der Waals surface area contributed by atoms with E-state index in [9.17, 15) is 16.8 Å². The molecule has 1 saturated carbocycles. The first-order valence-electron chi connectivity index (χ1n) is 12.2. The Morgan fingerprint density at radius 3 is 1.81 bits per heavy atom. The van der Waals surface area contributed by atoms with E-state index < -0.39 is 19.7 Å². The first-order chi connectivity index (χ1) is 14.9. The Morgan fingerprint density at radius 2 is 1.16 bits per heavy atom. The van der Waals surface area contributed by atoms with E-state index in [4.69, 9.17) is 0 Å². The van der Waals surface area contributed by atoms with Crippen molar-refractivity contribution in [3.05, 3.63) is 34.2 Å². The van der Waals surface area contributed by atoms with Crippen LogP contribution >= 0.6 is 0 Å². The quantitative estimate of drug-likeness (QED) is 0.542. The monoisotopic (exact) mass is 464 g/mol. The van der Waals surface area contributed by atoms with Crippen molar-refractivity contribution < 1.29 is 16.8 Å². The van der Waals surface area contributed by atoms with Crippen LogP contribution in [0.2, 0.25) is 0 Å². The van der Waals surface area contributed by atoms with E-state index in [-0.39, 0.29) is 5.25 Å². The van der Waals surface area contributed by atoms with Crippen molar-refractivity contribution in [2.45, 2.75) is 118 Å². The van der Waals surface area contributed by atoms with Crippen LogP contribution in [0.25, 0.3) is 0 Å². The van der Waals surface area contributed by atoms with Gasteiger partial charge >= 0.3 is 0 Å². The Bertz CT molecular complexity index is 1030. The van der Waals surface area contributed by atoms with Crippen molar-refractivity contribution in [2.24, 2.45) is 0 Å². The molecule has 0 amide bonds. The van der Waals surface area contributed by atoms with E-state index in [1.807, 2.05) is 6.08 Å². The molecule has 1 fully saturated rings. The van der Waals surface area contributed by atoms with E-state index in [2.05, 4.69) is 0 Å². The summed E-state index contributed by atoms with van der Waals surface area (Å²) in [5.41, 5.74) is 1.61. The lowest BCUT2D eigenvalue weighted by atomic mass is 9.99. The molecule has 4 rings (SSSR count). The molecule has 4 nitrogen and oxygen atoms in total. The molecule has 1 aromatic rings. The maximum atomic E-state index is 13.6. The van der Waals surface area contributed by atoms with Gasteiger partial charge in [-0.3, -0.25) is 0 Å². The number of benzene rings is 1. The molecule has 0 unspecified atom stereocenters. The Labute approximate surface area is 188 Å². The van der Waals surface area contributed by atoms with Crippen LogP contribution < -0.4 is 0 Å². The highest BCUT2D eigenvalue weighted by Gasteiger charge is 2.34. The fourth-order valence-electron chi connectivity index (χ4n) is 5.60.